The molecule has 0 aliphatic carbocycles. The first kappa shape index (κ1) is 40.2. The largest absolute Gasteiger partial charge is 0.303 e. The zero-order valence-electron chi connectivity index (χ0n) is 33.5. The Morgan fingerprint density at radius 2 is 0.739 bits per heavy atom. The maximum absolute atomic E-state index is 2.72. The smallest absolute Gasteiger partial charge is 0.0126 e. The Morgan fingerprint density at radius 1 is 0.391 bits per heavy atom. The van der Waals surface area contributed by atoms with Gasteiger partial charge in [-0.05, 0) is 180 Å². The monoisotopic (exact) mass is 646 g/mol. The van der Waals surface area contributed by atoms with Gasteiger partial charge in [0.2, 0.25) is 0 Å². The summed E-state index contributed by atoms with van der Waals surface area (Å²) in [5.74, 6) is 2.94. The van der Waals surface area contributed by atoms with Crippen LogP contribution in [-0.2, 0) is 0 Å². The van der Waals surface area contributed by atoms with Gasteiger partial charge in [0, 0.05) is 43.8 Å². The molecule has 0 amide bonds. The molecular weight excluding hydrogens is 562 g/mol. The number of piperazine rings is 1. The molecule has 0 bridgehead atoms. The fraction of sp³-hybridized carbons (Fsp3) is 1.00. The van der Waals surface area contributed by atoms with Gasteiger partial charge in [0.15, 0.2) is 0 Å². The van der Waals surface area contributed by atoms with Crippen LogP contribution in [0.5, 0.6) is 0 Å². The normalized spacial score (nSPS) is 24.3. The molecule has 0 unspecified atom stereocenters. The second-order valence-corrected chi connectivity index (χ2v) is 20.5. The van der Waals surface area contributed by atoms with Gasteiger partial charge < -0.3 is 14.7 Å². The molecule has 46 heavy (non-hydrogen) atoms. The maximum atomic E-state index is 2.72. The van der Waals surface area contributed by atoms with Crippen LogP contribution in [0.3, 0.4) is 0 Å². The Labute approximate surface area is 289 Å². The fourth-order valence-corrected chi connectivity index (χ4v) is 8.10. The standard InChI is InChI=1S/C21H42N2.C20H41N3/c1-20(2,3)11-16-22-12-7-18(8-13-22)17-19-9-14-23(15-10-19)21(4,5)6;1-19(2,3)9-12-21-10-7-18(8-11-21)17-22-13-15-23(16-14-22)20(4,5)6/h18-19H,7-17H2,1-6H3;18H,7-17H2,1-6H3. The summed E-state index contributed by atoms with van der Waals surface area (Å²) >= 11 is 0. The van der Waals surface area contributed by atoms with Gasteiger partial charge in [-0.15, -0.1) is 0 Å². The summed E-state index contributed by atoms with van der Waals surface area (Å²) in [6.45, 7) is 45.2. The van der Waals surface area contributed by atoms with Crippen LogP contribution in [0.15, 0.2) is 0 Å². The minimum atomic E-state index is 0.338. The van der Waals surface area contributed by atoms with E-state index < -0.39 is 0 Å². The fourth-order valence-electron chi connectivity index (χ4n) is 8.10. The summed E-state index contributed by atoms with van der Waals surface area (Å²) in [6.07, 6.45) is 12.7. The first-order valence-corrected chi connectivity index (χ1v) is 19.9. The molecule has 4 heterocycles. The van der Waals surface area contributed by atoms with E-state index in [2.05, 4.69) is 108 Å². The summed E-state index contributed by atoms with van der Waals surface area (Å²) in [5.41, 5.74) is 1.66. The van der Waals surface area contributed by atoms with Gasteiger partial charge in [-0.2, -0.15) is 0 Å². The van der Waals surface area contributed by atoms with Crippen molar-refractivity contribution in [3.63, 3.8) is 0 Å². The highest BCUT2D eigenvalue weighted by atomic mass is 15.3. The van der Waals surface area contributed by atoms with E-state index in [1.807, 2.05) is 0 Å². The van der Waals surface area contributed by atoms with E-state index in [4.69, 9.17) is 0 Å². The van der Waals surface area contributed by atoms with Crippen molar-refractivity contribution in [3.05, 3.63) is 0 Å². The molecule has 0 saturated carbocycles. The lowest BCUT2D eigenvalue weighted by Gasteiger charge is -2.43. The SMILES string of the molecule is CC(C)(C)CCN1CCC(CC2CCN(C(C)(C)C)CC2)CC1.CC(C)(C)CCN1CCC(CN2CCN(C(C)(C)C)CC2)CC1. The summed E-state index contributed by atoms with van der Waals surface area (Å²) in [6, 6.07) is 0. The van der Waals surface area contributed by atoms with Gasteiger partial charge in [0.05, 0.1) is 0 Å². The highest BCUT2D eigenvalue weighted by molar-refractivity contribution is 4.85. The van der Waals surface area contributed by atoms with Crippen molar-refractivity contribution in [2.75, 3.05) is 85.1 Å². The van der Waals surface area contributed by atoms with Crippen molar-refractivity contribution in [1.82, 2.24) is 24.5 Å². The lowest BCUT2D eigenvalue weighted by molar-refractivity contribution is 0.0473. The Hall–Kier alpha value is -0.200. The Kier molecular flexibility index (Phi) is 15.4. The molecule has 4 saturated heterocycles. The summed E-state index contributed by atoms with van der Waals surface area (Å²) in [7, 11) is 0. The van der Waals surface area contributed by atoms with Crippen molar-refractivity contribution >= 4 is 0 Å². The molecule has 5 heteroatoms. The third kappa shape index (κ3) is 15.6. The molecule has 5 nitrogen and oxygen atoms in total. The van der Waals surface area contributed by atoms with E-state index in [1.165, 1.54) is 143 Å². The first-order chi connectivity index (χ1) is 21.3. The predicted octanol–water partition coefficient (Wildman–Crippen LogP) is 8.59. The van der Waals surface area contributed by atoms with Gasteiger partial charge in [-0.25, -0.2) is 0 Å². The summed E-state index contributed by atoms with van der Waals surface area (Å²) in [5, 5.41) is 0. The topological polar surface area (TPSA) is 16.2 Å². The van der Waals surface area contributed by atoms with Crippen molar-refractivity contribution in [2.24, 2.45) is 28.6 Å². The van der Waals surface area contributed by atoms with E-state index in [0.717, 1.165) is 17.8 Å². The maximum Gasteiger partial charge on any atom is 0.0126 e. The van der Waals surface area contributed by atoms with E-state index in [1.54, 1.807) is 0 Å². The number of nitrogens with zero attached hydrogens (tertiary/aromatic N) is 5. The average Bonchev–Trinajstić information content (AvgIpc) is 2.96. The molecule has 0 radical (unpaired) electrons. The minimum Gasteiger partial charge on any atom is -0.303 e. The number of likely N-dealkylation sites (tertiary alicyclic amines) is 3. The van der Waals surface area contributed by atoms with E-state index >= 15 is 0 Å². The van der Waals surface area contributed by atoms with E-state index in [9.17, 15) is 0 Å². The molecule has 4 fully saturated rings. The molecule has 0 aromatic heterocycles. The minimum absolute atomic E-state index is 0.338. The van der Waals surface area contributed by atoms with Crippen LogP contribution < -0.4 is 0 Å². The van der Waals surface area contributed by atoms with Gasteiger partial charge in [0.1, 0.15) is 0 Å². The lowest BCUT2D eigenvalue weighted by Crippen LogP contribution is -2.54. The predicted molar refractivity (Wildman–Crippen MR) is 203 cm³/mol. The second-order valence-electron chi connectivity index (χ2n) is 20.5. The Morgan fingerprint density at radius 3 is 1.11 bits per heavy atom. The van der Waals surface area contributed by atoms with Gasteiger partial charge in [-0.3, -0.25) is 9.80 Å². The highest BCUT2D eigenvalue weighted by Gasteiger charge is 2.30. The van der Waals surface area contributed by atoms with Crippen molar-refractivity contribution < 1.29 is 0 Å². The van der Waals surface area contributed by atoms with Crippen LogP contribution in [0, 0.1) is 28.6 Å². The van der Waals surface area contributed by atoms with Crippen LogP contribution in [0.4, 0.5) is 0 Å². The van der Waals surface area contributed by atoms with Crippen LogP contribution >= 0.6 is 0 Å². The van der Waals surface area contributed by atoms with Gasteiger partial charge >= 0.3 is 0 Å². The Balaban J connectivity index is 0.000000250. The molecule has 0 aromatic carbocycles. The zero-order chi connectivity index (χ0) is 34.2. The van der Waals surface area contributed by atoms with Crippen molar-refractivity contribution in [1.29, 1.82) is 0 Å². The van der Waals surface area contributed by atoms with Gasteiger partial charge in [0.25, 0.3) is 0 Å². The van der Waals surface area contributed by atoms with Crippen LogP contribution in [0.2, 0.25) is 0 Å². The van der Waals surface area contributed by atoms with Crippen molar-refractivity contribution in [2.45, 2.75) is 152 Å². The number of hydrogen-bond acceptors (Lipinski definition) is 5. The lowest BCUT2D eigenvalue weighted by atomic mass is 9.82. The zero-order valence-corrected chi connectivity index (χ0v) is 33.5. The molecule has 0 N–H and O–H groups in total. The molecule has 272 valence electrons. The van der Waals surface area contributed by atoms with Crippen LogP contribution in [0.1, 0.15) is 141 Å². The Bertz CT molecular complexity index is 741. The third-order valence-electron chi connectivity index (χ3n) is 11.8. The van der Waals surface area contributed by atoms with E-state index in [0.29, 0.717) is 21.9 Å². The number of rotatable bonds is 8. The quantitative estimate of drug-likeness (QED) is 0.262. The molecular formula is C41H83N5. The van der Waals surface area contributed by atoms with Crippen LogP contribution in [-0.4, -0.2) is 121 Å². The highest BCUT2D eigenvalue weighted by Crippen LogP contribution is 2.32. The summed E-state index contributed by atoms with van der Waals surface area (Å²) < 4.78 is 0. The van der Waals surface area contributed by atoms with Crippen LogP contribution in [0.25, 0.3) is 0 Å². The van der Waals surface area contributed by atoms with Gasteiger partial charge in [-0.1, -0.05) is 41.5 Å². The third-order valence-corrected chi connectivity index (χ3v) is 11.8. The van der Waals surface area contributed by atoms with E-state index in [-0.39, 0.29) is 0 Å². The molecule has 0 spiro atoms. The molecule has 4 rings (SSSR count). The number of piperidine rings is 3. The summed E-state index contributed by atoms with van der Waals surface area (Å²) in [4.78, 5) is 13.4. The molecule has 0 aromatic rings. The first-order valence-electron chi connectivity index (χ1n) is 19.9. The second kappa shape index (κ2) is 17.6. The molecule has 0 atom stereocenters. The molecule has 4 aliphatic heterocycles. The number of hydrogen-bond donors (Lipinski definition) is 0. The molecule has 4 aliphatic rings. The average molecular weight is 646 g/mol. The van der Waals surface area contributed by atoms with Crippen molar-refractivity contribution in [3.8, 4) is 0 Å².